The lowest BCUT2D eigenvalue weighted by Gasteiger charge is -2.30. The van der Waals surface area contributed by atoms with E-state index in [1.54, 1.807) is 26.4 Å². The van der Waals surface area contributed by atoms with E-state index >= 15 is 0 Å². The second-order valence-corrected chi connectivity index (χ2v) is 7.48. The van der Waals surface area contributed by atoms with Gasteiger partial charge in [-0.15, -0.1) is 0 Å². The lowest BCUT2D eigenvalue weighted by molar-refractivity contribution is -0.0498. The Morgan fingerprint density at radius 2 is 2.10 bits per heavy atom. The maximum absolute atomic E-state index is 12.7. The van der Waals surface area contributed by atoms with E-state index in [1.807, 2.05) is 29.3 Å². The number of allylic oxidation sites excluding steroid dienone is 1. The first-order valence-corrected chi connectivity index (χ1v) is 9.38. The van der Waals surface area contributed by atoms with Gasteiger partial charge in [0.05, 0.1) is 7.11 Å². The number of rotatable bonds is 5. The van der Waals surface area contributed by atoms with Gasteiger partial charge in [-0.05, 0) is 43.0 Å². The predicted molar refractivity (Wildman–Crippen MR) is 101 cm³/mol. The standard InChI is InChI=1S/C21H20F2N2O4/c1-26-12-5-8-25(17(10-12)27-2)19-15-11-21(6-7-21)16-4-3-13(28-20(22)23)9-14(16)18(15)29-24-19/h3-5,8-10,17,20H,6-7,11H2,1-2H3. The number of benzene rings is 1. The normalized spacial score (nSPS) is 21.1. The number of methoxy groups -OCH3 is 2. The number of anilines is 1. The molecule has 2 aromatic rings. The van der Waals surface area contributed by atoms with Crippen LogP contribution < -0.4 is 9.64 Å². The maximum Gasteiger partial charge on any atom is 0.387 e. The molecule has 1 unspecified atom stereocenters. The van der Waals surface area contributed by atoms with Crippen molar-refractivity contribution >= 4 is 5.82 Å². The Morgan fingerprint density at radius 3 is 2.79 bits per heavy atom. The summed E-state index contributed by atoms with van der Waals surface area (Å²) in [5, 5.41) is 4.31. The van der Waals surface area contributed by atoms with Gasteiger partial charge in [0.2, 0.25) is 0 Å². The highest BCUT2D eigenvalue weighted by Crippen LogP contribution is 2.59. The van der Waals surface area contributed by atoms with Gasteiger partial charge in [0.15, 0.2) is 17.8 Å². The number of hydrogen-bond acceptors (Lipinski definition) is 6. The van der Waals surface area contributed by atoms with Crippen LogP contribution in [-0.2, 0) is 21.3 Å². The third kappa shape index (κ3) is 2.90. The zero-order valence-corrected chi connectivity index (χ0v) is 16.0. The first kappa shape index (κ1) is 18.2. The van der Waals surface area contributed by atoms with Gasteiger partial charge >= 0.3 is 6.61 Å². The fourth-order valence-electron chi connectivity index (χ4n) is 4.28. The molecule has 6 nitrogen and oxygen atoms in total. The van der Waals surface area contributed by atoms with E-state index in [9.17, 15) is 8.78 Å². The van der Waals surface area contributed by atoms with Crippen molar-refractivity contribution in [3.8, 4) is 17.1 Å². The number of ether oxygens (including phenoxy) is 3. The van der Waals surface area contributed by atoms with Gasteiger partial charge in [0, 0.05) is 35.9 Å². The molecule has 1 saturated carbocycles. The van der Waals surface area contributed by atoms with Crippen LogP contribution in [0.2, 0.25) is 0 Å². The highest BCUT2D eigenvalue weighted by Gasteiger charge is 2.51. The second kappa shape index (κ2) is 6.59. The molecule has 1 aromatic heterocycles. The molecule has 0 saturated heterocycles. The summed E-state index contributed by atoms with van der Waals surface area (Å²) >= 11 is 0. The molecule has 5 rings (SSSR count). The molecule has 2 heterocycles. The lowest BCUT2D eigenvalue weighted by atomic mass is 9.79. The number of aromatic nitrogens is 1. The summed E-state index contributed by atoms with van der Waals surface area (Å²) in [4.78, 5) is 1.88. The van der Waals surface area contributed by atoms with Crippen molar-refractivity contribution in [1.29, 1.82) is 0 Å². The Balaban J connectivity index is 1.58. The number of nitrogens with zero attached hydrogens (tertiary/aromatic N) is 2. The summed E-state index contributed by atoms with van der Waals surface area (Å²) in [5.74, 6) is 2.06. The highest BCUT2D eigenvalue weighted by molar-refractivity contribution is 5.77. The molecule has 29 heavy (non-hydrogen) atoms. The SMILES string of the molecule is COC1=CC(OC)N(c2noc3c2CC2(CC2)c2ccc(OC(F)F)cc2-3)C=C1. The summed E-state index contributed by atoms with van der Waals surface area (Å²) in [5.41, 5.74) is 2.82. The molecule has 0 bridgehead atoms. The van der Waals surface area contributed by atoms with Crippen molar-refractivity contribution in [2.24, 2.45) is 0 Å². The average molecular weight is 402 g/mol. The number of halogens is 2. The molecule has 152 valence electrons. The Bertz CT molecular complexity index is 1010. The molecule has 1 fully saturated rings. The zero-order valence-electron chi connectivity index (χ0n) is 16.0. The Labute approximate surface area is 166 Å². The summed E-state index contributed by atoms with van der Waals surface area (Å²) in [6.45, 7) is -2.88. The van der Waals surface area contributed by atoms with Crippen molar-refractivity contribution in [3.63, 3.8) is 0 Å². The number of hydrogen-bond donors (Lipinski definition) is 0. The van der Waals surface area contributed by atoms with Gasteiger partial charge in [-0.1, -0.05) is 11.2 Å². The fraction of sp³-hybridized carbons (Fsp3) is 0.381. The van der Waals surface area contributed by atoms with Crippen LogP contribution >= 0.6 is 0 Å². The Morgan fingerprint density at radius 1 is 1.28 bits per heavy atom. The molecule has 1 aliphatic heterocycles. The third-order valence-electron chi connectivity index (χ3n) is 5.87. The van der Waals surface area contributed by atoms with Crippen molar-refractivity contribution in [3.05, 3.63) is 53.4 Å². The first-order valence-electron chi connectivity index (χ1n) is 9.38. The zero-order chi connectivity index (χ0) is 20.2. The van der Waals surface area contributed by atoms with Crippen LogP contribution in [0.15, 0.2) is 46.8 Å². The second-order valence-electron chi connectivity index (χ2n) is 7.48. The van der Waals surface area contributed by atoms with E-state index in [1.165, 1.54) is 0 Å². The van der Waals surface area contributed by atoms with E-state index in [0.717, 1.165) is 36.0 Å². The van der Waals surface area contributed by atoms with Crippen molar-refractivity contribution in [1.82, 2.24) is 5.16 Å². The molecule has 0 amide bonds. The molecule has 1 spiro atoms. The van der Waals surface area contributed by atoms with E-state index < -0.39 is 12.8 Å². The topological polar surface area (TPSA) is 57.0 Å². The van der Waals surface area contributed by atoms with Gasteiger partial charge in [-0.3, -0.25) is 4.90 Å². The van der Waals surface area contributed by atoms with Crippen LogP contribution in [0.3, 0.4) is 0 Å². The van der Waals surface area contributed by atoms with E-state index in [0.29, 0.717) is 17.3 Å². The van der Waals surface area contributed by atoms with Gasteiger partial charge in [0.25, 0.3) is 0 Å². The predicted octanol–water partition coefficient (Wildman–Crippen LogP) is 4.37. The summed E-state index contributed by atoms with van der Waals surface area (Å²) in [6, 6.07) is 5.09. The smallest absolute Gasteiger partial charge is 0.387 e. The molecular weight excluding hydrogens is 382 g/mol. The Kier molecular flexibility index (Phi) is 4.13. The van der Waals surface area contributed by atoms with Crippen LogP contribution in [-0.4, -0.2) is 32.2 Å². The van der Waals surface area contributed by atoms with Gasteiger partial charge in [-0.2, -0.15) is 8.78 Å². The van der Waals surface area contributed by atoms with Crippen LogP contribution in [0.1, 0.15) is 24.0 Å². The minimum atomic E-state index is -2.88. The van der Waals surface area contributed by atoms with Crippen molar-refractivity contribution in [2.45, 2.75) is 37.5 Å². The van der Waals surface area contributed by atoms with Gasteiger partial charge in [-0.25, -0.2) is 0 Å². The maximum atomic E-state index is 12.7. The Hall–Kier alpha value is -2.87. The first-order chi connectivity index (χ1) is 14.0. The van der Waals surface area contributed by atoms with Crippen LogP contribution in [0.4, 0.5) is 14.6 Å². The van der Waals surface area contributed by atoms with Crippen LogP contribution in [0.5, 0.6) is 5.75 Å². The molecular formula is C21H20F2N2O4. The molecule has 3 aliphatic rings. The van der Waals surface area contributed by atoms with E-state index in [4.69, 9.17) is 14.0 Å². The largest absolute Gasteiger partial charge is 0.497 e. The fourth-order valence-corrected chi connectivity index (χ4v) is 4.28. The molecule has 0 radical (unpaired) electrons. The van der Waals surface area contributed by atoms with Gasteiger partial charge in [0.1, 0.15) is 11.5 Å². The third-order valence-corrected chi connectivity index (χ3v) is 5.87. The minimum absolute atomic E-state index is 0.00158. The molecule has 2 aliphatic carbocycles. The summed E-state index contributed by atoms with van der Waals surface area (Å²) in [7, 11) is 3.21. The monoisotopic (exact) mass is 402 g/mol. The highest BCUT2D eigenvalue weighted by atomic mass is 19.3. The van der Waals surface area contributed by atoms with E-state index in [2.05, 4.69) is 9.89 Å². The quantitative estimate of drug-likeness (QED) is 0.740. The van der Waals surface area contributed by atoms with Crippen molar-refractivity contribution in [2.75, 3.05) is 19.1 Å². The molecule has 0 N–H and O–H groups in total. The molecule has 1 aromatic carbocycles. The van der Waals surface area contributed by atoms with Crippen molar-refractivity contribution < 1.29 is 27.5 Å². The lowest BCUT2D eigenvalue weighted by Crippen LogP contribution is -2.34. The average Bonchev–Trinajstić information content (AvgIpc) is 3.36. The summed E-state index contributed by atoms with van der Waals surface area (Å²) in [6.07, 6.45) is 7.98. The molecule has 8 heteroatoms. The summed E-state index contributed by atoms with van der Waals surface area (Å²) < 4.78 is 46.6. The van der Waals surface area contributed by atoms with Gasteiger partial charge < -0.3 is 18.7 Å². The number of alkyl halides is 2. The number of fused-ring (bicyclic) bond motifs is 4. The minimum Gasteiger partial charge on any atom is -0.497 e. The van der Waals surface area contributed by atoms with Crippen LogP contribution in [0, 0.1) is 0 Å². The van der Waals surface area contributed by atoms with E-state index in [-0.39, 0.29) is 11.2 Å². The molecule has 1 atom stereocenters. The van der Waals surface area contributed by atoms with Crippen LogP contribution in [0.25, 0.3) is 11.3 Å².